The number of aromatic hydroxyl groups is 1. The number of urea groups is 1. The molecule has 172 valence electrons. The summed E-state index contributed by atoms with van der Waals surface area (Å²) < 4.78 is 28.4. The third kappa shape index (κ3) is 5.35. The summed E-state index contributed by atoms with van der Waals surface area (Å²) in [6.07, 6.45) is -0.477. The Morgan fingerprint density at radius 3 is 2.36 bits per heavy atom. The van der Waals surface area contributed by atoms with E-state index >= 15 is 0 Å². The van der Waals surface area contributed by atoms with Crippen molar-refractivity contribution in [3.05, 3.63) is 81.8 Å². The molecule has 1 heterocycles. The molecule has 0 aliphatic carbocycles. The molecule has 0 aliphatic rings. The molecule has 33 heavy (non-hydrogen) atoms. The van der Waals surface area contributed by atoms with E-state index in [4.69, 9.17) is 0 Å². The van der Waals surface area contributed by atoms with Gasteiger partial charge >= 0.3 is 12.0 Å². The molecule has 1 aromatic heterocycles. The molecule has 2 aromatic carbocycles. The zero-order valence-corrected chi connectivity index (χ0v) is 17.7. The van der Waals surface area contributed by atoms with E-state index in [1.165, 1.54) is 48.0 Å². The van der Waals surface area contributed by atoms with Crippen LogP contribution in [0.5, 0.6) is 5.75 Å². The van der Waals surface area contributed by atoms with Crippen molar-refractivity contribution in [2.75, 3.05) is 5.32 Å². The standard InChI is InChI=1S/C23H21F2N3O5/c1-12-9-19(29)21(22(32)28(12)2)27-23(33)26-18(11-20(30)31)14-5-3-13(4-6-14)16-8-7-15(24)10-17(16)25/h3-10,18,29H,11H2,1-2H3,(H,30,31)(H2,26,27,33)/t18-/m0/s1. The van der Waals surface area contributed by atoms with Crippen molar-refractivity contribution in [1.82, 2.24) is 9.88 Å². The smallest absolute Gasteiger partial charge is 0.319 e. The van der Waals surface area contributed by atoms with E-state index < -0.39 is 47.4 Å². The van der Waals surface area contributed by atoms with Crippen LogP contribution in [0.25, 0.3) is 11.1 Å². The molecule has 0 unspecified atom stereocenters. The molecule has 0 fully saturated rings. The number of nitrogens with one attached hydrogen (secondary N) is 2. The van der Waals surface area contributed by atoms with Gasteiger partial charge in [-0.3, -0.25) is 9.59 Å². The summed E-state index contributed by atoms with van der Waals surface area (Å²) in [5.41, 5.74) is 0.488. The maximum Gasteiger partial charge on any atom is 0.319 e. The summed E-state index contributed by atoms with van der Waals surface area (Å²) in [4.78, 5) is 36.1. The van der Waals surface area contributed by atoms with Crippen molar-refractivity contribution in [2.24, 2.45) is 7.05 Å². The maximum absolute atomic E-state index is 14.0. The number of carboxylic acids is 1. The van der Waals surface area contributed by atoms with E-state index in [-0.39, 0.29) is 11.3 Å². The molecular formula is C23H21F2N3O5. The predicted molar refractivity (Wildman–Crippen MR) is 117 cm³/mol. The highest BCUT2D eigenvalue weighted by molar-refractivity contribution is 5.91. The first-order valence-electron chi connectivity index (χ1n) is 9.81. The third-order valence-electron chi connectivity index (χ3n) is 5.13. The van der Waals surface area contributed by atoms with Gasteiger partial charge in [0.2, 0.25) is 0 Å². The predicted octanol–water partition coefficient (Wildman–Crippen LogP) is 3.68. The van der Waals surface area contributed by atoms with Crippen molar-refractivity contribution >= 4 is 17.7 Å². The Kier molecular flexibility index (Phi) is 6.76. The van der Waals surface area contributed by atoms with Gasteiger partial charge in [0, 0.05) is 30.4 Å². The fourth-order valence-corrected chi connectivity index (χ4v) is 3.28. The second-order valence-corrected chi connectivity index (χ2v) is 7.41. The van der Waals surface area contributed by atoms with E-state index in [1.807, 2.05) is 0 Å². The monoisotopic (exact) mass is 457 g/mol. The quantitative estimate of drug-likeness (QED) is 0.450. The normalized spacial score (nSPS) is 11.6. The highest BCUT2D eigenvalue weighted by atomic mass is 19.1. The molecule has 0 saturated heterocycles. The Morgan fingerprint density at radius 1 is 1.09 bits per heavy atom. The van der Waals surface area contributed by atoms with Gasteiger partial charge in [0.05, 0.1) is 12.5 Å². The minimum absolute atomic E-state index is 0.161. The van der Waals surface area contributed by atoms with Crippen molar-refractivity contribution in [2.45, 2.75) is 19.4 Å². The van der Waals surface area contributed by atoms with Crippen LogP contribution in [0.15, 0.2) is 53.3 Å². The molecule has 1 atom stereocenters. The Bertz CT molecular complexity index is 1270. The number of halogens is 2. The number of aromatic nitrogens is 1. The van der Waals surface area contributed by atoms with Crippen LogP contribution in [-0.2, 0) is 11.8 Å². The molecule has 0 saturated carbocycles. The van der Waals surface area contributed by atoms with E-state index in [9.17, 15) is 33.4 Å². The van der Waals surface area contributed by atoms with Crippen LogP contribution < -0.4 is 16.2 Å². The number of pyridine rings is 1. The second-order valence-electron chi connectivity index (χ2n) is 7.41. The highest BCUT2D eigenvalue weighted by Gasteiger charge is 2.21. The number of carbonyl (C=O) groups is 2. The summed E-state index contributed by atoms with van der Waals surface area (Å²) in [5, 5.41) is 24.0. The highest BCUT2D eigenvalue weighted by Crippen LogP contribution is 2.26. The molecular weight excluding hydrogens is 436 g/mol. The topological polar surface area (TPSA) is 121 Å². The lowest BCUT2D eigenvalue weighted by atomic mass is 9.99. The average Bonchev–Trinajstić information content (AvgIpc) is 2.75. The summed E-state index contributed by atoms with van der Waals surface area (Å²) in [7, 11) is 1.47. The van der Waals surface area contributed by atoms with Crippen LogP contribution in [0, 0.1) is 18.6 Å². The van der Waals surface area contributed by atoms with Gasteiger partial charge in [-0.25, -0.2) is 13.6 Å². The molecule has 0 aliphatic heterocycles. The van der Waals surface area contributed by atoms with Crippen LogP contribution in [0.2, 0.25) is 0 Å². The van der Waals surface area contributed by atoms with Crippen molar-refractivity contribution in [3.8, 4) is 16.9 Å². The van der Waals surface area contributed by atoms with Crippen LogP contribution >= 0.6 is 0 Å². The van der Waals surface area contributed by atoms with E-state index in [0.29, 0.717) is 16.8 Å². The first-order valence-corrected chi connectivity index (χ1v) is 9.81. The zero-order chi connectivity index (χ0) is 24.3. The lowest BCUT2D eigenvalue weighted by molar-refractivity contribution is -0.137. The molecule has 4 N–H and O–H groups in total. The molecule has 3 rings (SSSR count). The summed E-state index contributed by atoms with van der Waals surface area (Å²) in [6, 6.07) is 8.63. The summed E-state index contributed by atoms with van der Waals surface area (Å²) in [6.45, 7) is 1.61. The number of anilines is 1. The Hall–Kier alpha value is -4.21. The second kappa shape index (κ2) is 9.51. The molecule has 10 heteroatoms. The van der Waals surface area contributed by atoms with Crippen LogP contribution in [0.1, 0.15) is 23.7 Å². The zero-order valence-electron chi connectivity index (χ0n) is 17.7. The minimum atomic E-state index is -1.19. The molecule has 0 radical (unpaired) electrons. The maximum atomic E-state index is 14.0. The van der Waals surface area contributed by atoms with Crippen LogP contribution in [0.3, 0.4) is 0 Å². The van der Waals surface area contributed by atoms with Gasteiger partial charge in [-0.15, -0.1) is 0 Å². The SMILES string of the molecule is Cc1cc(O)c(NC(=O)N[C@@H](CC(=O)O)c2ccc(-c3ccc(F)cc3F)cc2)c(=O)n1C. The number of carbonyl (C=O) groups excluding carboxylic acids is 1. The number of amides is 2. The number of rotatable bonds is 6. The van der Waals surface area contributed by atoms with Gasteiger partial charge in [-0.1, -0.05) is 24.3 Å². The van der Waals surface area contributed by atoms with Gasteiger partial charge in [-0.05, 0) is 30.2 Å². The Morgan fingerprint density at radius 2 is 1.76 bits per heavy atom. The van der Waals surface area contributed by atoms with Crippen LogP contribution in [0.4, 0.5) is 19.3 Å². The van der Waals surface area contributed by atoms with E-state index in [1.54, 1.807) is 6.92 Å². The van der Waals surface area contributed by atoms with E-state index in [0.717, 1.165) is 12.1 Å². The van der Waals surface area contributed by atoms with Gasteiger partial charge in [-0.2, -0.15) is 0 Å². The summed E-state index contributed by atoms with van der Waals surface area (Å²) in [5.74, 6) is -3.07. The number of aryl methyl sites for hydroxylation is 1. The van der Waals surface area contributed by atoms with Gasteiger partial charge in [0.15, 0.2) is 5.69 Å². The van der Waals surface area contributed by atoms with Crippen molar-refractivity contribution in [1.29, 1.82) is 0 Å². The number of carboxylic acid groups (broad SMARTS) is 1. The molecule has 8 nitrogen and oxygen atoms in total. The number of nitrogens with zero attached hydrogens (tertiary/aromatic N) is 1. The van der Waals surface area contributed by atoms with Gasteiger partial charge < -0.3 is 25.4 Å². The lowest BCUT2D eigenvalue weighted by Gasteiger charge is -2.19. The average molecular weight is 457 g/mol. The lowest BCUT2D eigenvalue weighted by Crippen LogP contribution is -2.36. The molecule has 3 aromatic rings. The Balaban J connectivity index is 1.83. The fraction of sp³-hybridized carbons (Fsp3) is 0.174. The molecule has 0 bridgehead atoms. The van der Waals surface area contributed by atoms with E-state index in [2.05, 4.69) is 10.6 Å². The number of benzene rings is 2. The Labute approximate surface area is 187 Å². The largest absolute Gasteiger partial charge is 0.505 e. The molecule has 0 spiro atoms. The van der Waals surface area contributed by atoms with Crippen molar-refractivity contribution < 1.29 is 28.6 Å². The van der Waals surface area contributed by atoms with Crippen molar-refractivity contribution in [3.63, 3.8) is 0 Å². The number of aliphatic carboxylic acids is 1. The minimum Gasteiger partial charge on any atom is -0.505 e. The van der Waals surface area contributed by atoms with Crippen LogP contribution in [-0.4, -0.2) is 26.8 Å². The first kappa shape index (κ1) is 23.5. The fourth-order valence-electron chi connectivity index (χ4n) is 3.28. The first-order chi connectivity index (χ1) is 15.6. The molecule has 2 amide bonds. The summed E-state index contributed by atoms with van der Waals surface area (Å²) >= 11 is 0. The van der Waals surface area contributed by atoms with Gasteiger partial charge in [0.25, 0.3) is 5.56 Å². The number of hydrogen-bond acceptors (Lipinski definition) is 4. The number of hydrogen-bond donors (Lipinski definition) is 4. The third-order valence-corrected chi connectivity index (χ3v) is 5.13. The van der Waals surface area contributed by atoms with Gasteiger partial charge in [0.1, 0.15) is 17.4 Å².